The third-order valence-corrected chi connectivity index (χ3v) is 4.39. The van der Waals surface area contributed by atoms with Crippen LogP contribution >= 0.6 is 0 Å². The number of guanidine groups is 1. The molecule has 1 aliphatic rings. The van der Waals surface area contributed by atoms with E-state index in [4.69, 9.17) is 5.73 Å². The predicted octanol–water partition coefficient (Wildman–Crippen LogP) is 0.303. The van der Waals surface area contributed by atoms with Crippen LogP contribution in [0.3, 0.4) is 0 Å². The molecule has 0 unspecified atom stereocenters. The number of sulfonamides is 1. The van der Waals surface area contributed by atoms with E-state index in [9.17, 15) is 8.42 Å². The standard InChI is InChI=1S/C13H20N4O2S/c1-15-20(18,19)9-11-4-2-10(3-5-11)8-16-13(14)17-12-6-7-12/h2-5,12,15H,6-9H2,1H3,(H3,14,16,17). The lowest BCUT2D eigenvalue weighted by molar-refractivity contribution is 0.587. The average Bonchev–Trinajstić information content (AvgIpc) is 3.21. The molecule has 110 valence electrons. The molecule has 0 aliphatic heterocycles. The van der Waals surface area contributed by atoms with E-state index >= 15 is 0 Å². The number of nitrogens with one attached hydrogen (secondary N) is 2. The van der Waals surface area contributed by atoms with Crippen molar-refractivity contribution in [3.63, 3.8) is 0 Å². The van der Waals surface area contributed by atoms with E-state index in [1.54, 1.807) is 12.1 Å². The molecule has 0 heterocycles. The fourth-order valence-electron chi connectivity index (χ4n) is 1.69. The van der Waals surface area contributed by atoms with E-state index in [1.165, 1.54) is 7.05 Å². The summed E-state index contributed by atoms with van der Waals surface area (Å²) >= 11 is 0. The Morgan fingerprint density at radius 1 is 1.30 bits per heavy atom. The highest BCUT2D eigenvalue weighted by molar-refractivity contribution is 7.88. The number of nitrogens with zero attached hydrogens (tertiary/aromatic N) is 1. The molecule has 1 fully saturated rings. The second-order valence-corrected chi connectivity index (χ2v) is 6.83. The molecule has 20 heavy (non-hydrogen) atoms. The van der Waals surface area contributed by atoms with E-state index in [0.29, 0.717) is 18.5 Å². The zero-order valence-corrected chi connectivity index (χ0v) is 12.3. The first-order valence-electron chi connectivity index (χ1n) is 6.54. The van der Waals surface area contributed by atoms with Crippen molar-refractivity contribution in [1.82, 2.24) is 10.0 Å². The molecule has 1 saturated carbocycles. The van der Waals surface area contributed by atoms with Crippen LogP contribution in [0.1, 0.15) is 24.0 Å². The molecule has 7 heteroatoms. The van der Waals surface area contributed by atoms with E-state index in [1.807, 2.05) is 12.1 Å². The van der Waals surface area contributed by atoms with Crippen LogP contribution in [0.5, 0.6) is 0 Å². The van der Waals surface area contributed by atoms with Crippen LogP contribution in [0.4, 0.5) is 0 Å². The maximum absolute atomic E-state index is 11.4. The Kier molecular flexibility index (Phi) is 4.61. The van der Waals surface area contributed by atoms with Crippen LogP contribution in [0.25, 0.3) is 0 Å². The summed E-state index contributed by atoms with van der Waals surface area (Å²) in [6.07, 6.45) is 2.32. The molecule has 0 amide bonds. The fourth-order valence-corrected chi connectivity index (χ4v) is 2.47. The van der Waals surface area contributed by atoms with Gasteiger partial charge in [-0.1, -0.05) is 24.3 Å². The SMILES string of the molecule is CNS(=O)(=O)Cc1ccc(CN=C(N)NC2CC2)cc1. The number of rotatable bonds is 6. The topological polar surface area (TPSA) is 96.6 Å². The molecular formula is C13H20N4O2S. The van der Waals surface area contributed by atoms with Crippen molar-refractivity contribution in [2.45, 2.75) is 31.2 Å². The molecule has 0 radical (unpaired) electrons. The molecule has 1 aromatic carbocycles. The van der Waals surface area contributed by atoms with Crippen LogP contribution in [-0.4, -0.2) is 27.5 Å². The lowest BCUT2D eigenvalue weighted by Crippen LogP contribution is -2.33. The quantitative estimate of drug-likeness (QED) is 0.519. The van der Waals surface area contributed by atoms with Crippen molar-refractivity contribution in [3.05, 3.63) is 35.4 Å². The molecule has 0 atom stereocenters. The van der Waals surface area contributed by atoms with Crippen molar-refractivity contribution in [2.75, 3.05) is 7.05 Å². The van der Waals surface area contributed by atoms with E-state index in [-0.39, 0.29) is 5.75 Å². The largest absolute Gasteiger partial charge is 0.370 e. The number of hydrogen-bond donors (Lipinski definition) is 3. The number of nitrogens with two attached hydrogens (primary N) is 1. The Morgan fingerprint density at radius 2 is 1.90 bits per heavy atom. The van der Waals surface area contributed by atoms with Gasteiger partial charge in [-0.25, -0.2) is 18.1 Å². The molecule has 1 aromatic rings. The lowest BCUT2D eigenvalue weighted by atomic mass is 10.1. The second kappa shape index (κ2) is 6.23. The van der Waals surface area contributed by atoms with Crippen molar-refractivity contribution < 1.29 is 8.42 Å². The zero-order chi connectivity index (χ0) is 14.6. The summed E-state index contributed by atoms with van der Waals surface area (Å²) in [5.74, 6) is 0.452. The van der Waals surface area contributed by atoms with Gasteiger partial charge >= 0.3 is 0 Å². The summed E-state index contributed by atoms with van der Waals surface area (Å²) in [6.45, 7) is 0.491. The highest BCUT2D eigenvalue weighted by Crippen LogP contribution is 2.18. The van der Waals surface area contributed by atoms with Crippen molar-refractivity contribution >= 4 is 16.0 Å². The van der Waals surface area contributed by atoms with E-state index in [0.717, 1.165) is 24.0 Å². The van der Waals surface area contributed by atoms with Gasteiger partial charge in [-0.3, -0.25) is 0 Å². The first kappa shape index (κ1) is 14.8. The summed E-state index contributed by atoms with van der Waals surface area (Å²) in [5.41, 5.74) is 7.49. The van der Waals surface area contributed by atoms with Crippen molar-refractivity contribution in [1.29, 1.82) is 0 Å². The summed E-state index contributed by atoms with van der Waals surface area (Å²) in [6, 6.07) is 7.82. The Bertz CT molecular complexity index is 577. The van der Waals surface area contributed by atoms with Crippen molar-refractivity contribution in [2.24, 2.45) is 10.7 Å². The molecule has 0 bridgehead atoms. The Balaban J connectivity index is 1.90. The molecule has 2 rings (SSSR count). The molecular weight excluding hydrogens is 276 g/mol. The van der Waals surface area contributed by atoms with Gasteiger partial charge in [0.1, 0.15) is 0 Å². The van der Waals surface area contributed by atoms with E-state index < -0.39 is 10.0 Å². The van der Waals surface area contributed by atoms with Gasteiger partial charge < -0.3 is 11.1 Å². The summed E-state index contributed by atoms with van der Waals surface area (Å²) in [7, 11) is -1.81. The predicted molar refractivity (Wildman–Crippen MR) is 79.6 cm³/mol. The Morgan fingerprint density at radius 3 is 2.45 bits per heavy atom. The first-order valence-corrected chi connectivity index (χ1v) is 8.19. The smallest absolute Gasteiger partial charge is 0.215 e. The van der Waals surface area contributed by atoms with Gasteiger partial charge in [-0.05, 0) is 31.0 Å². The average molecular weight is 296 g/mol. The zero-order valence-electron chi connectivity index (χ0n) is 11.5. The minimum absolute atomic E-state index is 0.0155. The van der Waals surface area contributed by atoms with Gasteiger partial charge in [0.05, 0.1) is 12.3 Å². The molecule has 0 aromatic heterocycles. The molecule has 0 saturated heterocycles. The van der Waals surface area contributed by atoms with Crippen LogP contribution < -0.4 is 15.8 Å². The molecule has 6 nitrogen and oxygen atoms in total. The summed E-state index contributed by atoms with van der Waals surface area (Å²) in [5, 5.41) is 3.11. The number of benzene rings is 1. The molecule has 1 aliphatic carbocycles. The highest BCUT2D eigenvalue weighted by atomic mass is 32.2. The van der Waals surface area contributed by atoms with Crippen LogP contribution in [0.15, 0.2) is 29.3 Å². The second-order valence-electron chi connectivity index (χ2n) is 4.90. The number of hydrogen-bond acceptors (Lipinski definition) is 3. The van der Waals surface area contributed by atoms with Gasteiger partial charge in [0.2, 0.25) is 10.0 Å². The maximum Gasteiger partial charge on any atom is 0.215 e. The Labute approximate surface area is 119 Å². The van der Waals surface area contributed by atoms with Gasteiger partial charge in [0, 0.05) is 6.04 Å². The monoisotopic (exact) mass is 296 g/mol. The third-order valence-electron chi connectivity index (χ3n) is 3.05. The first-order chi connectivity index (χ1) is 9.48. The maximum atomic E-state index is 11.4. The van der Waals surface area contributed by atoms with Crippen LogP contribution in [-0.2, 0) is 22.3 Å². The van der Waals surface area contributed by atoms with Gasteiger partial charge in [-0.2, -0.15) is 0 Å². The van der Waals surface area contributed by atoms with Gasteiger partial charge in [0.25, 0.3) is 0 Å². The highest BCUT2D eigenvalue weighted by Gasteiger charge is 2.21. The fraction of sp³-hybridized carbons (Fsp3) is 0.462. The van der Waals surface area contributed by atoms with Gasteiger partial charge in [-0.15, -0.1) is 0 Å². The summed E-state index contributed by atoms with van der Waals surface area (Å²) in [4.78, 5) is 4.25. The summed E-state index contributed by atoms with van der Waals surface area (Å²) < 4.78 is 25.1. The van der Waals surface area contributed by atoms with Crippen molar-refractivity contribution in [3.8, 4) is 0 Å². The normalized spacial score (nSPS) is 16.1. The van der Waals surface area contributed by atoms with Crippen LogP contribution in [0.2, 0.25) is 0 Å². The minimum atomic E-state index is -3.23. The third kappa shape index (κ3) is 4.82. The minimum Gasteiger partial charge on any atom is -0.370 e. The Hall–Kier alpha value is -1.60. The molecule has 4 N–H and O–H groups in total. The van der Waals surface area contributed by atoms with E-state index in [2.05, 4.69) is 15.0 Å². The number of aliphatic imine (C=N–C) groups is 1. The lowest BCUT2D eigenvalue weighted by Gasteiger charge is -2.05. The molecule has 0 spiro atoms. The van der Waals surface area contributed by atoms with Gasteiger partial charge in [0.15, 0.2) is 5.96 Å². The van der Waals surface area contributed by atoms with Crippen LogP contribution in [0, 0.1) is 0 Å².